The average Bonchev–Trinajstić information content (AvgIpc) is 2.73. The van der Waals surface area contributed by atoms with E-state index < -0.39 is 11.9 Å². The minimum Gasteiger partial charge on any atom is -0.320 e. The van der Waals surface area contributed by atoms with E-state index in [-0.39, 0.29) is 11.5 Å². The topological polar surface area (TPSA) is 46.3 Å². The molecule has 1 heterocycles. The fraction of sp³-hybridized carbons (Fsp3) is 0.188. The van der Waals surface area contributed by atoms with E-state index in [0.29, 0.717) is 11.4 Å². The molecule has 21 heavy (non-hydrogen) atoms. The third-order valence-electron chi connectivity index (χ3n) is 3.85. The number of hydrogen-bond donors (Lipinski definition) is 1. The third-order valence-corrected chi connectivity index (χ3v) is 4.18. The summed E-state index contributed by atoms with van der Waals surface area (Å²) in [5.41, 5.74) is 8.95. The summed E-state index contributed by atoms with van der Waals surface area (Å²) in [7, 11) is 1.74. The van der Waals surface area contributed by atoms with Gasteiger partial charge in [0, 0.05) is 23.3 Å². The Balaban J connectivity index is 2.02. The number of amides is 1. The summed E-state index contributed by atoms with van der Waals surface area (Å²) < 4.78 is 14.0. The Morgan fingerprint density at radius 2 is 2.10 bits per heavy atom. The molecule has 1 aliphatic heterocycles. The average molecular weight is 305 g/mol. The van der Waals surface area contributed by atoms with E-state index in [4.69, 9.17) is 17.3 Å². The van der Waals surface area contributed by atoms with Crippen LogP contribution >= 0.6 is 11.6 Å². The Morgan fingerprint density at radius 1 is 1.33 bits per heavy atom. The van der Waals surface area contributed by atoms with Crippen LogP contribution in [-0.2, 0) is 11.2 Å². The highest BCUT2D eigenvalue weighted by atomic mass is 35.5. The first kappa shape index (κ1) is 14.0. The molecule has 1 atom stereocenters. The summed E-state index contributed by atoms with van der Waals surface area (Å²) in [5.74, 6) is -0.386. The van der Waals surface area contributed by atoms with Gasteiger partial charge in [0.05, 0.1) is 12.5 Å². The van der Waals surface area contributed by atoms with Crippen molar-refractivity contribution in [3.8, 4) is 0 Å². The quantitative estimate of drug-likeness (QED) is 0.927. The number of likely N-dealkylation sites (N-methyl/N-ethyl adjacent to an activating group) is 1. The van der Waals surface area contributed by atoms with Gasteiger partial charge in [0.15, 0.2) is 0 Å². The van der Waals surface area contributed by atoms with E-state index in [2.05, 4.69) is 0 Å². The number of benzene rings is 2. The molecule has 108 valence electrons. The molecule has 2 aromatic rings. The van der Waals surface area contributed by atoms with Crippen LogP contribution in [0, 0.1) is 5.82 Å². The number of carbonyl (C=O) groups is 1. The first-order valence-corrected chi connectivity index (χ1v) is 6.95. The SMILES string of the molecule is CN1C(=O)Cc2cc(C(N)c3c(F)cccc3Cl)ccc21. The first-order valence-electron chi connectivity index (χ1n) is 6.58. The van der Waals surface area contributed by atoms with Gasteiger partial charge in [-0.2, -0.15) is 0 Å². The van der Waals surface area contributed by atoms with Crippen molar-refractivity contribution in [2.75, 3.05) is 11.9 Å². The second-order valence-electron chi connectivity index (χ2n) is 5.13. The smallest absolute Gasteiger partial charge is 0.231 e. The maximum atomic E-state index is 14.0. The molecular weight excluding hydrogens is 291 g/mol. The molecule has 1 amide bonds. The fourth-order valence-electron chi connectivity index (χ4n) is 2.66. The van der Waals surface area contributed by atoms with Gasteiger partial charge < -0.3 is 10.6 Å². The third kappa shape index (κ3) is 2.30. The van der Waals surface area contributed by atoms with E-state index >= 15 is 0 Å². The molecule has 2 aromatic carbocycles. The normalized spacial score (nSPS) is 15.2. The maximum absolute atomic E-state index is 14.0. The largest absolute Gasteiger partial charge is 0.320 e. The lowest BCUT2D eigenvalue weighted by Gasteiger charge is -2.17. The predicted molar refractivity (Wildman–Crippen MR) is 81.0 cm³/mol. The summed E-state index contributed by atoms with van der Waals surface area (Å²) >= 11 is 6.06. The second-order valence-corrected chi connectivity index (χ2v) is 5.54. The highest BCUT2D eigenvalue weighted by molar-refractivity contribution is 6.31. The van der Waals surface area contributed by atoms with E-state index in [0.717, 1.165) is 16.8 Å². The number of anilines is 1. The highest BCUT2D eigenvalue weighted by Crippen LogP contribution is 2.33. The molecule has 0 bridgehead atoms. The predicted octanol–water partition coefficient (Wildman–Crippen LogP) is 3.05. The Morgan fingerprint density at radius 3 is 2.81 bits per heavy atom. The Hall–Kier alpha value is -1.91. The van der Waals surface area contributed by atoms with Crippen LogP contribution in [0.4, 0.5) is 10.1 Å². The molecule has 5 heteroatoms. The number of carbonyl (C=O) groups excluding carboxylic acids is 1. The number of nitrogens with two attached hydrogens (primary N) is 1. The number of halogens is 2. The van der Waals surface area contributed by atoms with Crippen molar-refractivity contribution in [1.82, 2.24) is 0 Å². The van der Waals surface area contributed by atoms with Crippen molar-refractivity contribution in [2.45, 2.75) is 12.5 Å². The summed E-state index contributed by atoms with van der Waals surface area (Å²) in [5, 5.41) is 0.302. The number of hydrogen-bond acceptors (Lipinski definition) is 2. The molecule has 0 saturated carbocycles. The first-order chi connectivity index (χ1) is 9.99. The van der Waals surface area contributed by atoms with Crippen molar-refractivity contribution >= 4 is 23.2 Å². The van der Waals surface area contributed by atoms with Crippen molar-refractivity contribution in [2.24, 2.45) is 5.73 Å². The number of rotatable bonds is 2. The lowest BCUT2D eigenvalue weighted by molar-refractivity contribution is -0.117. The van der Waals surface area contributed by atoms with Crippen LogP contribution in [0.15, 0.2) is 36.4 Å². The zero-order valence-corrected chi connectivity index (χ0v) is 12.2. The minimum atomic E-state index is -0.662. The number of nitrogens with zero attached hydrogens (tertiary/aromatic N) is 1. The Kier molecular flexibility index (Phi) is 3.43. The van der Waals surface area contributed by atoms with Gasteiger partial charge in [0.25, 0.3) is 0 Å². The molecule has 0 radical (unpaired) electrons. The van der Waals surface area contributed by atoms with Gasteiger partial charge in [-0.25, -0.2) is 4.39 Å². The lowest BCUT2D eigenvalue weighted by atomic mass is 9.96. The van der Waals surface area contributed by atoms with Crippen molar-refractivity contribution in [1.29, 1.82) is 0 Å². The standard InChI is InChI=1S/C16H14ClFN2O/c1-20-13-6-5-9(7-10(13)8-14(20)21)16(19)15-11(17)3-2-4-12(15)18/h2-7,16H,8,19H2,1H3. The monoisotopic (exact) mass is 304 g/mol. The van der Waals surface area contributed by atoms with Crippen molar-refractivity contribution < 1.29 is 9.18 Å². The van der Waals surface area contributed by atoms with Gasteiger partial charge in [-0.1, -0.05) is 29.8 Å². The highest BCUT2D eigenvalue weighted by Gasteiger charge is 2.25. The molecule has 0 aliphatic carbocycles. The van der Waals surface area contributed by atoms with Gasteiger partial charge in [-0.15, -0.1) is 0 Å². The molecule has 3 nitrogen and oxygen atoms in total. The van der Waals surface area contributed by atoms with Crippen LogP contribution < -0.4 is 10.6 Å². The summed E-state index contributed by atoms with van der Waals surface area (Å²) in [4.78, 5) is 13.3. The zero-order chi connectivity index (χ0) is 15.1. The molecule has 0 aromatic heterocycles. The number of fused-ring (bicyclic) bond motifs is 1. The van der Waals surface area contributed by atoms with E-state index in [9.17, 15) is 9.18 Å². The van der Waals surface area contributed by atoms with E-state index in [1.807, 2.05) is 12.1 Å². The van der Waals surface area contributed by atoms with Crippen molar-refractivity contribution in [3.63, 3.8) is 0 Å². The molecule has 0 spiro atoms. The minimum absolute atomic E-state index is 0.0413. The van der Waals surface area contributed by atoms with Crippen LogP contribution in [0.5, 0.6) is 0 Å². The van der Waals surface area contributed by atoms with Gasteiger partial charge in [0.2, 0.25) is 5.91 Å². The van der Waals surface area contributed by atoms with Gasteiger partial charge in [-0.3, -0.25) is 4.79 Å². The second kappa shape index (κ2) is 5.13. The Bertz CT molecular complexity index is 712. The molecule has 1 aliphatic rings. The summed E-state index contributed by atoms with van der Waals surface area (Å²) in [6.45, 7) is 0. The van der Waals surface area contributed by atoms with Crippen LogP contribution in [0.3, 0.4) is 0 Å². The van der Waals surface area contributed by atoms with Crippen LogP contribution in [-0.4, -0.2) is 13.0 Å². The van der Waals surface area contributed by atoms with Gasteiger partial charge in [0.1, 0.15) is 5.82 Å². The summed E-state index contributed by atoms with van der Waals surface area (Å²) in [6.07, 6.45) is 0.345. The van der Waals surface area contributed by atoms with Gasteiger partial charge in [-0.05, 0) is 29.3 Å². The van der Waals surface area contributed by atoms with Crippen LogP contribution in [0.1, 0.15) is 22.7 Å². The molecule has 0 fully saturated rings. The Labute approximate surface area is 127 Å². The molecule has 1 unspecified atom stereocenters. The zero-order valence-electron chi connectivity index (χ0n) is 11.4. The van der Waals surface area contributed by atoms with Crippen LogP contribution in [0.25, 0.3) is 0 Å². The van der Waals surface area contributed by atoms with E-state index in [1.54, 1.807) is 30.1 Å². The molecule has 0 saturated heterocycles. The fourth-order valence-corrected chi connectivity index (χ4v) is 2.94. The molecule has 2 N–H and O–H groups in total. The summed E-state index contributed by atoms with van der Waals surface area (Å²) in [6, 6.07) is 9.33. The molecule has 3 rings (SSSR count). The van der Waals surface area contributed by atoms with Crippen molar-refractivity contribution in [3.05, 3.63) is 63.9 Å². The molecular formula is C16H14ClFN2O. The van der Waals surface area contributed by atoms with E-state index in [1.165, 1.54) is 6.07 Å². The van der Waals surface area contributed by atoms with Gasteiger partial charge >= 0.3 is 0 Å². The van der Waals surface area contributed by atoms with Crippen LogP contribution in [0.2, 0.25) is 5.02 Å². The lowest BCUT2D eigenvalue weighted by Crippen LogP contribution is -2.20. The maximum Gasteiger partial charge on any atom is 0.231 e.